The SMILES string of the molecule is Cc1ncc(/C(O)=C2\C(=O)C(=O)N(CCCN(C)C)[C@H]2c2ccccc2F)c(C)n1. The number of hydrogen-bond acceptors (Lipinski definition) is 6. The molecule has 0 spiro atoms. The van der Waals surface area contributed by atoms with Crippen molar-refractivity contribution in [1.82, 2.24) is 19.8 Å². The van der Waals surface area contributed by atoms with E-state index < -0.39 is 29.3 Å². The van der Waals surface area contributed by atoms with Crippen LogP contribution in [-0.4, -0.2) is 63.7 Å². The maximum Gasteiger partial charge on any atom is 0.295 e. The minimum absolute atomic E-state index is 0.148. The number of aliphatic hydroxyl groups excluding tert-OH is 1. The lowest BCUT2D eigenvalue weighted by atomic mass is 9.95. The van der Waals surface area contributed by atoms with E-state index in [2.05, 4.69) is 9.97 Å². The molecule has 3 rings (SSSR count). The molecule has 158 valence electrons. The molecule has 0 saturated carbocycles. The van der Waals surface area contributed by atoms with Gasteiger partial charge in [-0.2, -0.15) is 0 Å². The van der Waals surface area contributed by atoms with Crippen molar-refractivity contribution in [3.05, 3.63) is 64.5 Å². The van der Waals surface area contributed by atoms with Crippen molar-refractivity contribution in [3.63, 3.8) is 0 Å². The zero-order valence-corrected chi connectivity index (χ0v) is 17.5. The van der Waals surface area contributed by atoms with E-state index in [9.17, 15) is 19.1 Å². The number of benzene rings is 1. The monoisotopic (exact) mass is 412 g/mol. The second kappa shape index (κ2) is 8.71. The van der Waals surface area contributed by atoms with Crippen LogP contribution in [0, 0.1) is 19.7 Å². The first-order chi connectivity index (χ1) is 14.2. The molecular formula is C22H25FN4O3. The van der Waals surface area contributed by atoms with Gasteiger partial charge in [0.1, 0.15) is 17.4 Å². The van der Waals surface area contributed by atoms with Gasteiger partial charge in [-0.1, -0.05) is 18.2 Å². The zero-order chi connectivity index (χ0) is 22.0. The van der Waals surface area contributed by atoms with Crippen molar-refractivity contribution in [2.45, 2.75) is 26.3 Å². The molecular weight excluding hydrogens is 387 g/mol. The fourth-order valence-corrected chi connectivity index (χ4v) is 3.65. The van der Waals surface area contributed by atoms with Crippen LogP contribution in [0.5, 0.6) is 0 Å². The zero-order valence-electron chi connectivity index (χ0n) is 17.5. The number of amides is 1. The smallest absolute Gasteiger partial charge is 0.295 e. The summed E-state index contributed by atoms with van der Waals surface area (Å²) >= 11 is 0. The number of Topliss-reactive ketones (excluding diaryl/α,β-unsaturated/α-hetero) is 1. The summed E-state index contributed by atoms with van der Waals surface area (Å²) in [5.41, 5.74) is 0.721. The van der Waals surface area contributed by atoms with Crippen molar-refractivity contribution in [3.8, 4) is 0 Å². The van der Waals surface area contributed by atoms with E-state index in [-0.39, 0.29) is 23.2 Å². The summed E-state index contributed by atoms with van der Waals surface area (Å²) in [4.78, 5) is 37.3. The van der Waals surface area contributed by atoms with Crippen molar-refractivity contribution in [2.75, 3.05) is 27.2 Å². The molecule has 2 heterocycles. The van der Waals surface area contributed by atoms with Crippen LogP contribution >= 0.6 is 0 Å². The molecule has 0 aliphatic carbocycles. The number of halogens is 1. The van der Waals surface area contributed by atoms with Gasteiger partial charge in [-0.05, 0) is 47.0 Å². The number of ketones is 1. The summed E-state index contributed by atoms with van der Waals surface area (Å²) < 4.78 is 14.7. The Labute approximate surface area is 174 Å². The highest BCUT2D eigenvalue weighted by Crippen LogP contribution is 2.40. The Morgan fingerprint density at radius 3 is 2.57 bits per heavy atom. The average molecular weight is 412 g/mol. The summed E-state index contributed by atoms with van der Waals surface area (Å²) in [7, 11) is 3.81. The van der Waals surface area contributed by atoms with Crippen LogP contribution in [0.4, 0.5) is 4.39 Å². The standard InChI is InChI=1S/C22H25FN4O3/c1-13-16(12-24-14(2)25-13)20(28)18-19(15-8-5-6-9-17(15)23)27(22(30)21(18)29)11-7-10-26(3)4/h5-6,8-9,12,19,28H,7,10-11H2,1-4H3/b20-18+/t19-/m0/s1. The number of carbonyl (C=O) groups is 2. The molecule has 2 aromatic rings. The Morgan fingerprint density at radius 1 is 1.23 bits per heavy atom. The molecule has 0 bridgehead atoms. The van der Waals surface area contributed by atoms with Gasteiger partial charge in [0.2, 0.25) is 0 Å². The third-order valence-corrected chi connectivity index (χ3v) is 5.10. The number of aryl methyl sites for hydroxylation is 2. The number of likely N-dealkylation sites (tertiary alicyclic amines) is 1. The van der Waals surface area contributed by atoms with Gasteiger partial charge in [0, 0.05) is 18.3 Å². The van der Waals surface area contributed by atoms with Crippen LogP contribution in [-0.2, 0) is 9.59 Å². The summed E-state index contributed by atoms with van der Waals surface area (Å²) in [5, 5.41) is 11.0. The number of aliphatic hydroxyl groups is 1. The fourth-order valence-electron chi connectivity index (χ4n) is 3.65. The topological polar surface area (TPSA) is 86.6 Å². The Balaban J connectivity index is 2.15. The van der Waals surface area contributed by atoms with E-state index in [0.29, 0.717) is 24.5 Å². The first kappa shape index (κ1) is 21.6. The Morgan fingerprint density at radius 2 is 1.93 bits per heavy atom. The van der Waals surface area contributed by atoms with Gasteiger partial charge in [-0.15, -0.1) is 0 Å². The summed E-state index contributed by atoms with van der Waals surface area (Å²) in [6.07, 6.45) is 2.00. The molecule has 1 atom stereocenters. The van der Waals surface area contributed by atoms with E-state index in [1.807, 2.05) is 19.0 Å². The van der Waals surface area contributed by atoms with E-state index >= 15 is 0 Å². The number of hydrogen-bond donors (Lipinski definition) is 1. The number of rotatable bonds is 6. The summed E-state index contributed by atoms with van der Waals surface area (Å²) in [6, 6.07) is 4.95. The lowest BCUT2D eigenvalue weighted by Gasteiger charge is -2.26. The summed E-state index contributed by atoms with van der Waals surface area (Å²) in [5.74, 6) is -2.03. The molecule has 7 nitrogen and oxygen atoms in total. The third kappa shape index (κ3) is 4.09. The fraction of sp³-hybridized carbons (Fsp3) is 0.364. The van der Waals surface area contributed by atoms with Crippen molar-refractivity contribution >= 4 is 17.4 Å². The van der Waals surface area contributed by atoms with Gasteiger partial charge in [0.15, 0.2) is 0 Å². The van der Waals surface area contributed by atoms with Crippen molar-refractivity contribution < 1.29 is 19.1 Å². The quantitative estimate of drug-likeness (QED) is 0.446. The lowest BCUT2D eigenvalue weighted by Crippen LogP contribution is -2.32. The minimum Gasteiger partial charge on any atom is -0.507 e. The van der Waals surface area contributed by atoms with Crippen molar-refractivity contribution in [1.29, 1.82) is 0 Å². The maximum atomic E-state index is 14.7. The van der Waals surface area contributed by atoms with Gasteiger partial charge in [-0.25, -0.2) is 14.4 Å². The van der Waals surface area contributed by atoms with Crippen LogP contribution in [0.25, 0.3) is 5.76 Å². The van der Waals surface area contributed by atoms with Crippen molar-refractivity contribution in [2.24, 2.45) is 0 Å². The van der Waals surface area contributed by atoms with E-state index in [1.54, 1.807) is 19.9 Å². The van der Waals surface area contributed by atoms with E-state index in [4.69, 9.17) is 0 Å². The van der Waals surface area contributed by atoms with Gasteiger partial charge in [0.25, 0.3) is 11.7 Å². The molecule has 0 radical (unpaired) electrons. The first-order valence-electron chi connectivity index (χ1n) is 9.70. The maximum absolute atomic E-state index is 14.7. The van der Waals surface area contributed by atoms with Gasteiger partial charge >= 0.3 is 0 Å². The van der Waals surface area contributed by atoms with Gasteiger partial charge < -0.3 is 14.9 Å². The van der Waals surface area contributed by atoms with Crippen LogP contribution in [0.15, 0.2) is 36.0 Å². The molecule has 30 heavy (non-hydrogen) atoms. The van der Waals surface area contributed by atoms with Crippen LogP contribution < -0.4 is 0 Å². The highest BCUT2D eigenvalue weighted by molar-refractivity contribution is 6.46. The minimum atomic E-state index is -1.02. The predicted molar refractivity (Wildman–Crippen MR) is 110 cm³/mol. The largest absolute Gasteiger partial charge is 0.507 e. The molecule has 1 saturated heterocycles. The molecule has 1 aliphatic heterocycles. The van der Waals surface area contributed by atoms with Gasteiger partial charge in [0.05, 0.1) is 22.9 Å². The predicted octanol–water partition coefficient (Wildman–Crippen LogP) is 2.61. The number of carbonyl (C=O) groups excluding carboxylic acids is 2. The molecule has 1 N–H and O–H groups in total. The highest BCUT2D eigenvalue weighted by Gasteiger charge is 2.46. The Bertz CT molecular complexity index is 1020. The third-order valence-electron chi connectivity index (χ3n) is 5.10. The average Bonchev–Trinajstić information content (AvgIpc) is 2.92. The second-order valence-electron chi connectivity index (χ2n) is 7.59. The van der Waals surface area contributed by atoms with Crippen LogP contribution in [0.3, 0.4) is 0 Å². The Kier molecular flexibility index (Phi) is 6.26. The molecule has 1 amide bonds. The molecule has 1 aliphatic rings. The molecule has 8 heteroatoms. The molecule has 1 aromatic heterocycles. The highest BCUT2D eigenvalue weighted by atomic mass is 19.1. The molecule has 0 unspecified atom stereocenters. The summed E-state index contributed by atoms with van der Waals surface area (Å²) in [6.45, 7) is 4.33. The number of aromatic nitrogens is 2. The molecule has 1 fully saturated rings. The van der Waals surface area contributed by atoms with E-state index in [1.165, 1.54) is 29.3 Å². The molecule has 1 aromatic carbocycles. The Hall–Kier alpha value is -3.13. The van der Waals surface area contributed by atoms with Crippen LogP contribution in [0.1, 0.15) is 35.1 Å². The first-order valence-corrected chi connectivity index (χ1v) is 9.70. The van der Waals surface area contributed by atoms with Crippen LogP contribution in [0.2, 0.25) is 0 Å². The van der Waals surface area contributed by atoms with Gasteiger partial charge in [-0.3, -0.25) is 9.59 Å². The van der Waals surface area contributed by atoms with E-state index in [0.717, 1.165) is 0 Å². The lowest BCUT2D eigenvalue weighted by molar-refractivity contribution is -0.140. The normalized spacial score (nSPS) is 18.5. The number of nitrogens with zero attached hydrogens (tertiary/aromatic N) is 4. The second-order valence-corrected chi connectivity index (χ2v) is 7.59.